The first-order chi connectivity index (χ1) is 12.9. The molecular formula is C24H43N3. The molecule has 2 unspecified atom stereocenters. The molecule has 2 atom stereocenters. The van der Waals surface area contributed by atoms with Gasteiger partial charge in [-0.15, -0.1) is 0 Å². The van der Waals surface area contributed by atoms with Crippen molar-refractivity contribution in [2.75, 3.05) is 32.7 Å². The van der Waals surface area contributed by atoms with Crippen LogP contribution in [-0.4, -0.2) is 71.6 Å². The first-order valence-electron chi connectivity index (χ1n) is 12.1. The third kappa shape index (κ3) is 3.51. The van der Waals surface area contributed by atoms with Crippen molar-refractivity contribution in [3.05, 3.63) is 0 Å². The van der Waals surface area contributed by atoms with Crippen LogP contribution in [0.3, 0.4) is 0 Å². The largest absolute Gasteiger partial charge is 0.301 e. The van der Waals surface area contributed by atoms with Gasteiger partial charge < -0.3 is 4.90 Å². The minimum absolute atomic E-state index is 0.716. The van der Waals surface area contributed by atoms with Crippen LogP contribution in [0.1, 0.15) is 79.1 Å². The summed E-state index contributed by atoms with van der Waals surface area (Å²) in [6.07, 6.45) is 11.9. The maximum atomic E-state index is 2.98. The molecule has 2 saturated carbocycles. The number of fused-ring (bicyclic) bond motifs is 2. The van der Waals surface area contributed by atoms with Gasteiger partial charge in [-0.1, -0.05) is 13.8 Å². The van der Waals surface area contributed by atoms with E-state index in [1.807, 2.05) is 0 Å². The Morgan fingerprint density at radius 3 is 2.00 bits per heavy atom. The van der Waals surface area contributed by atoms with Gasteiger partial charge in [0, 0.05) is 43.8 Å². The van der Waals surface area contributed by atoms with Crippen molar-refractivity contribution in [2.45, 2.75) is 103 Å². The minimum atomic E-state index is 0.716. The number of rotatable bonds is 6. The van der Waals surface area contributed by atoms with Gasteiger partial charge in [-0.2, -0.15) is 0 Å². The van der Waals surface area contributed by atoms with Gasteiger partial charge in [-0.25, -0.2) is 0 Å². The lowest BCUT2D eigenvalue weighted by Crippen LogP contribution is -2.74. The fourth-order valence-electron chi connectivity index (χ4n) is 7.47. The van der Waals surface area contributed by atoms with Crippen molar-refractivity contribution in [3.8, 4) is 0 Å². The highest BCUT2D eigenvalue weighted by molar-refractivity contribution is 5.11. The van der Waals surface area contributed by atoms with E-state index >= 15 is 0 Å². The highest BCUT2D eigenvalue weighted by Crippen LogP contribution is 2.55. The number of piperazine rings is 1. The Morgan fingerprint density at radius 2 is 1.48 bits per heavy atom. The molecule has 4 saturated heterocycles. The maximum absolute atomic E-state index is 2.98. The van der Waals surface area contributed by atoms with Crippen LogP contribution < -0.4 is 0 Å². The second-order valence-electron chi connectivity index (χ2n) is 12.0. The Hall–Kier alpha value is -0.120. The maximum Gasteiger partial charge on any atom is 0.0244 e. The quantitative estimate of drug-likeness (QED) is 0.690. The third-order valence-corrected chi connectivity index (χ3v) is 9.03. The summed E-state index contributed by atoms with van der Waals surface area (Å²) in [6, 6.07) is 3.48. The standard InChI is InChI=1S/C24H43N3/c1-18(2)12-24(5-6-24)17-25-15-20-11-21(16-25)27(20)22-13-23(14-22)7-9-26(10-8-23)19(3)4/h18-22H,5-17H2,1-4H3. The number of likely N-dealkylation sites (tertiary alicyclic amines) is 1. The molecule has 3 nitrogen and oxygen atoms in total. The molecule has 2 bridgehead atoms. The number of piperidine rings is 2. The van der Waals surface area contributed by atoms with Gasteiger partial charge in [-0.3, -0.25) is 9.80 Å². The van der Waals surface area contributed by atoms with Crippen molar-refractivity contribution in [2.24, 2.45) is 16.7 Å². The summed E-state index contributed by atoms with van der Waals surface area (Å²) in [4.78, 5) is 8.54. The second-order valence-corrected chi connectivity index (χ2v) is 12.0. The molecule has 0 aromatic heterocycles. The SMILES string of the molecule is CC(C)CC1(CN2CC3CC(C2)N3C2CC3(CCN(C(C)C)CC3)C2)CC1. The van der Waals surface area contributed by atoms with E-state index in [1.54, 1.807) is 0 Å². The number of hydrogen-bond acceptors (Lipinski definition) is 3. The Balaban J connectivity index is 1.10. The number of nitrogens with zero attached hydrogens (tertiary/aromatic N) is 3. The van der Waals surface area contributed by atoms with Crippen LogP contribution in [0.2, 0.25) is 0 Å². The van der Waals surface area contributed by atoms with Crippen molar-refractivity contribution < 1.29 is 0 Å². The summed E-state index contributed by atoms with van der Waals surface area (Å²) in [5.41, 5.74) is 1.45. The van der Waals surface area contributed by atoms with Crippen molar-refractivity contribution in [3.63, 3.8) is 0 Å². The fraction of sp³-hybridized carbons (Fsp3) is 1.00. The van der Waals surface area contributed by atoms with E-state index in [0.29, 0.717) is 5.41 Å². The normalized spacial score (nSPS) is 36.2. The third-order valence-electron chi connectivity index (χ3n) is 9.03. The molecule has 1 spiro atoms. The van der Waals surface area contributed by atoms with Gasteiger partial charge in [0.1, 0.15) is 0 Å². The minimum Gasteiger partial charge on any atom is -0.301 e. The lowest BCUT2D eigenvalue weighted by Gasteiger charge is -2.65. The molecule has 6 aliphatic rings. The Kier molecular flexibility index (Phi) is 4.69. The highest BCUT2D eigenvalue weighted by Gasteiger charge is 2.56. The summed E-state index contributed by atoms with van der Waals surface area (Å²) in [5.74, 6) is 0.872. The number of hydrogen-bond donors (Lipinski definition) is 0. The lowest BCUT2D eigenvalue weighted by molar-refractivity contribution is -0.155. The molecule has 6 fully saturated rings. The Bertz CT molecular complexity index is 524. The van der Waals surface area contributed by atoms with Crippen LogP contribution in [-0.2, 0) is 0 Å². The van der Waals surface area contributed by atoms with E-state index in [0.717, 1.165) is 35.5 Å². The van der Waals surface area contributed by atoms with E-state index in [-0.39, 0.29) is 0 Å². The summed E-state index contributed by atoms with van der Waals surface area (Å²) < 4.78 is 0. The zero-order valence-corrected chi connectivity index (χ0v) is 18.4. The van der Waals surface area contributed by atoms with Gasteiger partial charge in [0.2, 0.25) is 0 Å². The molecule has 27 heavy (non-hydrogen) atoms. The lowest BCUT2D eigenvalue weighted by atomic mass is 9.58. The molecule has 0 aromatic rings. The van der Waals surface area contributed by atoms with E-state index in [4.69, 9.17) is 0 Å². The predicted octanol–water partition coefficient (Wildman–Crippen LogP) is 4.22. The summed E-state index contributed by atoms with van der Waals surface area (Å²) in [7, 11) is 0. The van der Waals surface area contributed by atoms with Crippen LogP contribution in [0.25, 0.3) is 0 Å². The van der Waals surface area contributed by atoms with Gasteiger partial charge in [-0.05, 0) is 95.1 Å². The van der Waals surface area contributed by atoms with Crippen LogP contribution in [0.4, 0.5) is 0 Å². The first-order valence-corrected chi connectivity index (χ1v) is 12.1. The van der Waals surface area contributed by atoms with Gasteiger partial charge >= 0.3 is 0 Å². The van der Waals surface area contributed by atoms with Gasteiger partial charge in [0.15, 0.2) is 0 Å². The van der Waals surface area contributed by atoms with Crippen molar-refractivity contribution in [1.82, 2.24) is 14.7 Å². The van der Waals surface area contributed by atoms with E-state index in [2.05, 4.69) is 42.4 Å². The van der Waals surface area contributed by atoms with Crippen LogP contribution in [0.15, 0.2) is 0 Å². The topological polar surface area (TPSA) is 9.72 Å². The van der Waals surface area contributed by atoms with Gasteiger partial charge in [0.25, 0.3) is 0 Å². The molecule has 3 heteroatoms. The monoisotopic (exact) mass is 373 g/mol. The van der Waals surface area contributed by atoms with E-state index in [1.165, 1.54) is 84.1 Å². The zero-order valence-electron chi connectivity index (χ0n) is 18.4. The summed E-state index contributed by atoms with van der Waals surface area (Å²) in [6.45, 7) is 16.4. The average molecular weight is 374 g/mol. The molecule has 0 aromatic carbocycles. The predicted molar refractivity (Wildman–Crippen MR) is 113 cm³/mol. The van der Waals surface area contributed by atoms with Crippen LogP contribution in [0, 0.1) is 16.7 Å². The second kappa shape index (κ2) is 6.71. The van der Waals surface area contributed by atoms with Gasteiger partial charge in [0.05, 0.1) is 0 Å². The first kappa shape index (κ1) is 18.9. The molecular weight excluding hydrogens is 330 g/mol. The molecule has 0 radical (unpaired) electrons. The molecule has 4 heterocycles. The summed E-state index contributed by atoms with van der Waals surface area (Å²) in [5, 5.41) is 0. The zero-order chi connectivity index (χ0) is 18.8. The Morgan fingerprint density at radius 1 is 0.852 bits per heavy atom. The molecule has 0 amide bonds. The van der Waals surface area contributed by atoms with Crippen LogP contribution in [0.5, 0.6) is 0 Å². The van der Waals surface area contributed by atoms with Crippen molar-refractivity contribution in [1.29, 1.82) is 0 Å². The smallest absolute Gasteiger partial charge is 0.0244 e. The van der Waals surface area contributed by atoms with E-state index in [9.17, 15) is 0 Å². The van der Waals surface area contributed by atoms with Crippen LogP contribution >= 0.6 is 0 Å². The Labute approximate surface area is 167 Å². The highest BCUT2D eigenvalue weighted by atomic mass is 15.4. The molecule has 6 rings (SSSR count). The molecule has 0 N–H and O–H groups in total. The summed E-state index contributed by atoms with van der Waals surface area (Å²) >= 11 is 0. The molecule has 154 valence electrons. The fourth-order valence-corrected chi connectivity index (χ4v) is 7.47. The van der Waals surface area contributed by atoms with E-state index < -0.39 is 0 Å². The molecule has 4 aliphatic heterocycles. The van der Waals surface area contributed by atoms with Crippen molar-refractivity contribution >= 4 is 0 Å². The molecule has 2 aliphatic carbocycles. The average Bonchev–Trinajstić information content (AvgIpc) is 3.31.